The van der Waals surface area contributed by atoms with Gasteiger partial charge < -0.3 is 29.2 Å². The van der Waals surface area contributed by atoms with Crippen LogP contribution in [0.1, 0.15) is 56.2 Å². The van der Waals surface area contributed by atoms with Crippen molar-refractivity contribution in [3.63, 3.8) is 0 Å². The van der Waals surface area contributed by atoms with Gasteiger partial charge in [-0.25, -0.2) is 0 Å². The molecule has 0 aliphatic carbocycles. The Morgan fingerprint density at radius 2 is 1.71 bits per heavy atom. The number of hydrogen-bond donors (Lipinski definition) is 2. The first-order chi connectivity index (χ1) is 18.3. The van der Waals surface area contributed by atoms with E-state index in [4.69, 9.17) is 9.15 Å². The zero-order chi connectivity index (χ0) is 26.8. The summed E-state index contributed by atoms with van der Waals surface area (Å²) in [6.07, 6.45) is 2.49. The van der Waals surface area contributed by atoms with E-state index in [9.17, 15) is 19.8 Å². The van der Waals surface area contributed by atoms with Gasteiger partial charge in [0.05, 0.1) is 17.7 Å². The van der Waals surface area contributed by atoms with E-state index < -0.39 is 17.6 Å². The minimum atomic E-state index is -0.494. The molecule has 0 bridgehead atoms. The van der Waals surface area contributed by atoms with Gasteiger partial charge in [0.1, 0.15) is 35.4 Å². The molecule has 2 aliphatic heterocycles. The number of nitrogens with zero attached hydrogens (tertiary/aromatic N) is 3. The van der Waals surface area contributed by atoms with Crippen molar-refractivity contribution in [3.05, 3.63) is 76.2 Å². The summed E-state index contributed by atoms with van der Waals surface area (Å²) in [5.41, 5.74) is 1.89. The Balaban J connectivity index is 1.26. The van der Waals surface area contributed by atoms with Crippen LogP contribution in [0.4, 0.5) is 0 Å². The number of fused-ring (bicyclic) bond motifs is 1. The third kappa shape index (κ3) is 5.47. The van der Waals surface area contributed by atoms with Gasteiger partial charge >= 0.3 is 0 Å². The Bertz CT molecular complexity index is 1340. The van der Waals surface area contributed by atoms with E-state index in [-0.39, 0.29) is 23.4 Å². The van der Waals surface area contributed by atoms with E-state index in [1.165, 1.54) is 23.8 Å². The van der Waals surface area contributed by atoms with Crippen molar-refractivity contribution in [3.8, 4) is 17.2 Å². The molecule has 0 spiro atoms. The Labute approximate surface area is 221 Å². The Hall–Kier alpha value is -3.98. The first kappa shape index (κ1) is 25.7. The number of benzene rings is 2. The molecule has 9 nitrogen and oxygen atoms in total. The molecule has 3 heterocycles. The molecule has 9 heteroatoms. The van der Waals surface area contributed by atoms with Crippen molar-refractivity contribution >= 4 is 11.8 Å². The SMILES string of the molecule is Cc1ccc(CN(C)C(=O)c2cc(C(=O)N3Cc4ccc(OCCN5CCCC5)cc4C3)c(O)cc2O)o1. The van der Waals surface area contributed by atoms with Crippen molar-refractivity contribution in [2.75, 3.05) is 33.3 Å². The summed E-state index contributed by atoms with van der Waals surface area (Å²) in [4.78, 5) is 31.9. The second kappa shape index (κ2) is 10.8. The minimum Gasteiger partial charge on any atom is -0.507 e. The maximum Gasteiger partial charge on any atom is 0.258 e. The molecule has 0 atom stereocenters. The van der Waals surface area contributed by atoms with Crippen molar-refractivity contribution in [2.45, 2.75) is 39.4 Å². The van der Waals surface area contributed by atoms with Gasteiger partial charge in [-0.15, -0.1) is 0 Å². The minimum absolute atomic E-state index is 0.0386. The quantitative estimate of drug-likeness (QED) is 0.465. The smallest absolute Gasteiger partial charge is 0.258 e. The van der Waals surface area contributed by atoms with Crippen LogP contribution in [0.25, 0.3) is 0 Å². The van der Waals surface area contributed by atoms with Gasteiger partial charge in [-0.2, -0.15) is 0 Å². The molecule has 1 saturated heterocycles. The molecule has 2 aromatic carbocycles. The standard InChI is InChI=1S/C29H33N3O6/c1-19-5-7-23(38-19)18-30(2)28(35)24-14-25(27(34)15-26(24)33)29(36)32-16-20-6-8-22(13-21(20)17-32)37-12-11-31-9-3-4-10-31/h5-8,13-15,33-34H,3-4,9-12,16-18H2,1-2H3. The van der Waals surface area contributed by atoms with Crippen molar-refractivity contribution in [1.29, 1.82) is 0 Å². The van der Waals surface area contributed by atoms with Crippen molar-refractivity contribution in [2.24, 2.45) is 0 Å². The highest BCUT2D eigenvalue weighted by Gasteiger charge is 2.29. The Kier molecular flexibility index (Phi) is 7.28. The summed E-state index contributed by atoms with van der Waals surface area (Å²) in [6.45, 7) is 6.52. The van der Waals surface area contributed by atoms with Crippen LogP contribution in [0, 0.1) is 6.92 Å². The van der Waals surface area contributed by atoms with Crippen LogP contribution in [-0.4, -0.2) is 70.0 Å². The second-order valence-corrected chi connectivity index (χ2v) is 10.0. The number of likely N-dealkylation sites (tertiary alicyclic amines) is 1. The van der Waals surface area contributed by atoms with Gasteiger partial charge in [0, 0.05) is 32.7 Å². The molecule has 0 saturated carbocycles. The summed E-state index contributed by atoms with van der Waals surface area (Å²) in [7, 11) is 1.58. The molecule has 3 aromatic rings. The fourth-order valence-electron chi connectivity index (χ4n) is 5.07. The lowest BCUT2D eigenvalue weighted by Crippen LogP contribution is -2.28. The number of hydrogen-bond acceptors (Lipinski definition) is 7. The molecule has 2 aliphatic rings. The molecular formula is C29H33N3O6. The van der Waals surface area contributed by atoms with Gasteiger partial charge in [-0.3, -0.25) is 14.5 Å². The zero-order valence-electron chi connectivity index (χ0n) is 21.8. The summed E-state index contributed by atoms with van der Waals surface area (Å²) in [5, 5.41) is 20.9. The maximum atomic E-state index is 13.4. The van der Waals surface area contributed by atoms with Crippen LogP contribution in [-0.2, 0) is 19.6 Å². The molecule has 1 fully saturated rings. The third-order valence-electron chi connectivity index (χ3n) is 7.17. The highest BCUT2D eigenvalue weighted by atomic mass is 16.5. The van der Waals surface area contributed by atoms with Crippen LogP contribution in [0.15, 0.2) is 46.9 Å². The summed E-state index contributed by atoms with van der Waals surface area (Å²) >= 11 is 0. The Morgan fingerprint density at radius 3 is 2.45 bits per heavy atom. The zero-order valence-corrected chi connectivity index (χ0v) is 21.8. The number of ether oxygens (including phenoxy) is 1. The number of phenols is 2. The van der Waals surface area contributed by atoms with E-state index in [0.717, 1.165) is 48.3 Å². The van der Waals surface area contributed by atoms with Gasteiger partial charge in [0.15, 0.2) is 0 Å². The van der Waals surface area contributed by atoms with E-state index in [2.05, 4.69) is 4.90 Å². The summed E-state index contributed by atoms with van der Waals surface area (Å²) in [6, 6.07) is 11.7. The van der Waals surface area contributed by atoms with Crippen LogP contribution in [0.3, 0.4) is 0 Å². The number of aromatic hydroxyl groups is 2. The van der Waals surface area contributed by atoms with Gasteiger partial charge in [0.2, 0.25) is 0 Å². The van der Waals surface area contributed by atoms with Gasteiger partial charge in [-0.05, 0) is 74.3 Å². The molecular weight excluding hydrogens is 486 g/mol. The fourth-order valence-corrected chi connectivity index (χ4v) is 5.07. The second-order valence-electron chi connectivity index (χ2n) is 10.0. The monoisotopic (exact) mass is 519 g/mol. The highest BCUT2D eigenvalue weighted by molar-refractivity contribution is 6.03. The number of phenolic OH excluding ortho intramolecular Hbond substituents is 2. The summed E-state index contributed by atoms with van der Waals surface area (Å²) in [5.74, 6) is 0.407. The van der Waals surface area contributed by atoms with E-state index in [0.29, 0.717) is 25.5 Å². The van der Waals surface area contributed by atoms with Crippen molar-refractivity contribution < 1.29 is 29.0 Å². The predicted molar refractivity (Wildman–Crippen MR) is 140 cm³/mol. The molecule has 200 valence electrons. The molecule has 0 unspecified atom stereocenters. The topological polar surface area (TPSA) is 107 Å². The third-order valence-corrected chi connectivity index (χ3v) is 7.17. The van der Waals surface area contributed by atoms with Crippen LogP contribution in [0.5, 0.6) is 17.2 Å². The van der Waals surface area contributed by atoms with Crippen LogP contribution >= 0.6 is 0 Å². The van der Waals surface area contributed by atoms with Crippen LogP contribution < -0.4 is 4.74 Å². The number of furan rings is 1. The molecule has 2 N–H and O–H groups in total. The van der Waals surface area contributed by atoms with Gasteiger partial charge in [0.25, 0.3) is 11.8 Å². The summed E-state index contributed by atoms with van der Waals surface area (Å²) < 4.78 is 11.5. The molecule has 5 rings (SSSR count). The lowest BCUT2D eigenvalue weighted by Gasteiger charge is -2.19. The van der Waals surface area contributed by atoms with Crippen LogP contribution in [0.2, 0.25) is 0 Å². The largest absolute Gasteiger partial charge is 0.507 e. The Morgan fingerprint density at radius 1 is 0.974 bits per heavy atom. The van der Waals surface area contributed by atoms with Gasteiger partial charge in [-0.1, -0.05) is 6.07 Å². The number of rotatable bonds is 8. The first-order valence-electron chi connectivity index (χ1n) is 12.9. The fraction of sp³-hybridized carbons (Fsp3) is 0.379. The highest BCUT2D eigenvalue weighted by Crippen LogP contribution is 2.33. The number of carbonyl (C=O) groups excluding carboxylic acids is 2. The van der Waals surface area contributed by atoms with Crippen molar-refractivity contribution in [1.82, 2.24) is 14.7 Å². The first-order valence-corrected chi connectivity index (χ1v) is 12.9. The number of carbonyl (C=O) groups is 2. The number of amides is 2. The average Bonchev–Trinajstić information content (AvgIpc) is 3.64. The predicted octanol–water partition coefficient (Wildman–Crippen LogP) is 3.90. The lowest BCUT2D eigenvalue weighted by molar-refractivity contribution is 0.0748. The normalized spacial score (nSPS) is 15.1. The van der Waals surface area contributed by atoms with E-state index in [1.807, 2.05) is 25.1 Å². The van der Waals surface area contributed by atoms with E-state index in [1.54, 1.807) is 24.1 Å². The maximum absolute atomic E-state index is 13.4. The van der Waals surface area contributed by atoms with E-state index >= 15 is 0 Å². The lowest BCUT2D eigenvalue weighted by atomic mass is 10.1. The molecule has 0 radical (unpaired) electrons. The average molecular weight is 520 g/mol. The molecule has 38 heavy (non-hydrogen) atoms. The molecule has 1 aromatic heterocycles. The number of aryl methyl sites for hydroxylation is 1. The molecule has 2 amide bonds.